The van der Waals surface area contributed by atoms with Gasteiger partial charge in [0.25, 0.3) is 0 Å². The van der Waals surface area contributed by atoms with Crippen LogP contribution >= 0.6 is 8.25 Å². The van der Waals surface area contributed by atoms with Gasteiger partial charge in [-0.15, -0.1) is 0 Å². The Labute approximate surface area is 77.0 Å². The Morgan fingerprint density at radius 3 is 2.56 bits per heavy atom. The van der Waals surface area contributed by atoms with E-state index in [2.05, 4.69) is 4.52 Å². The van der Waals surface area contributed by atoms with Gasteiger partial charge in [0, 0.05) is 0 Å². The Balaban J connectivity index is 0. The van der Waals surface area contributed by atoms with E-state index >= 15 is 0 Å². The molecule has 0 aliphatic rings. The molecule has 0 aromatic carbocycles. The van der Waals surface area contributed by atoms with Gasteiger partial charge < -0.3 is 19.7 Å². The van der Waals surface area contributed by atoms with Crippen LogP contribution in [0.4, 0.5) is 0 Å². The van der Waals surface area contributed by atoms with Crippen molar-refractivity contribution < 1.29 is 43.5 Å². The van der Waals surface area contributed by atoms with E-state index in [-0.39, 0.29) is 36.2 Å². The zero-order valence-electron chi connectivity index (χ0n) is 5.42. The molecule has 0 amide bonds. The molecule has 0 aromatic heterocycles. The first-order chi connectivity index (χ1) is 3.77. The molecule has 0 saturated carbocycles. The molecule has 0 aliphatic carbocycles. The van der Waals surface area contributed by atoms with Crippen LogP contribution < -0.4 is 40.2 Å². The van der Waals surface area contributed by atoms with Crippen LogP contribution in [0.25, 0.3) is 0 Å². The first kappa shape index (κ1) is 12.8. The van der Waals surface area contributed by atoms with E-state index in [1.807, 2.05) is 0 Å². The zero-order chi connectivity index (χ0) is 6.41. The minimum absolute atomic E-state index is 0. The maximum Gasteiger partial charge on any atom is 1.00 e. The van der Waals surface area contributed by atoms with Gasteiger partial charge in [0.2, 0.25) is 0 Å². The van der Waals surface area contributed by atoms with Crippen molar-refractivity contribution in [1.82, 2.24) is 0 Å². The van der Waals surface area contributed by atoms with Crippen molar-refractivity contribution in [2.24, 2.45) is 5.73 Å². The molecule has 0 fully saturated rings. The molecule has 0 saturated heterocycles. The summed E-state index contributed by atoms with van der Waals surface area (Å²) in [6, 6.07) is 0. The van der Waals surface area contributed by atoms with Crippen molar-refractivity contribution in [3.63, 3.8) is 0 Å². The molecule has 6 heteroatoms. The minimum atomic E-state index is -2.96. The SMILES string of the molecule is NCCCO[PH](=O)[O-].[Na+]. The molecule has 1 atom stereocenters. The summed E-state index contributed by atoms with van der Waals surface area (Å²) in [6.45, 7) is 0.687. The number of hydrogen-bond donors (Lipinski definition) is 1. The van der Waals surface area contributed by atoms with Crippen molar-refractivity contribution in [2.45, 2.75) is 6.42 Å². The van der Waals surface area contributed by atoms with Crippen LogP contribution in [0.15, 0.2) is 0 Å². The first-order valence-corrected chi connectivity index (χ1v) is 3.53. The predicted molar refractivity (Wildman–Crippen MR) is 28.6 cm³/mol. The molecule has 0 heterocycles. The third kappa shape index (κ3) is 12.3. The van der Waals surface area contributed by atoms with E-state index in [4.69, 9.17) is 5.73 Å². The van der Waals surface area contributed by atoms with E-state index < -0.39 is 8.25 Å². The summed E-state index contributed by atoms with van der Waals surface area (Å²) in [4.78, 5) is 9.69. The normalized spacial score (nSPS) is 12.2. The molecule has 0 rings (SSSR count). The fourth-order valence-corrected chi connectivity index (χ4v) is 0.550. The van der Waals surface area contributed by atoms with E-state index in [0.29, 0.717) is 13.0 Å². The molecule has 50 valence electrons. The van der Waals surface area contributed by atoms with E-state index in [0.717, 1.165) is 0 Å². The smallest absolute Gasteiger partial charge is 0.781 e. The van der Waals surface area contributed by atoms with Crippen LogP contribution in [0.1, 0.15) is 6.42 Å². The molecule has 2 N–H and O–H groups in total. The number of nitrogens with two attached hydrogens (primary N) is 1. The average Bonchev–Trinajstić information content (AvgIpc) is 1.66. The van der Waals surface area contributed by atoms with Crippen LogP contribution in [0, 0.1) is 0 Å². The summed E-state index contributed by atoms with van der Waals surface area (Å²) < 4.78 is 13.9. The predicted octanol–water partition coefficient (Wildman–Crippen LogP) is -3.89. The fourth-order valence-electron chi connectivity index (χ4n) is 0.239. The average molecular weight is 161 g/mol. The Morgan fingerprint density at radius 2 is 2.22 bits per heavy atom. The van der Waals surface area contributed by atoms with Gasteiger partial charge in [-0.2, -0.15) is 0 Å². The van der Waals surface area contributed by atoms with Gasteiger partial charge in [-0.05, 0) is 13.0 Å². The maximum atomic E-state index is 9.69. The molecule has 0 spiro atoms. The molecule has 0 bridgehead atoms. The Morgan fingerprint density at radius 1 is 1.67 bits per heavy atom. The quantitative estimate of drug-likeness (QED) is 0.260. The molecular formula is C3H9NNaO3P. The van der Waals surface area contributed by atoms with Crippen molar-refractivity contribution in [2.75, 3.05) is 13.2 Å². The van der Waals surface area contributed by atoms with Crippen molar-refractivity contribution in [1.29, 1.82) is 0 Å². The third-order valence-corrected chi connectivity index (χ3v) is 1.01. The van der Waals surface area contributed by atoms with Crippen molar-refractivity contribution in [3.8, 4) is 0 Å². The molecule has 0 aromatic rings. The summed E-state index contributed by atoms with van der Waals surface area (Å²) in [7, 11) is -2.96. The summed E-state index contributed by atoms with van der Waals surface area (Å²) in [5.74, 6) is 0. The largest absolute Gasteiger partial charge is 1.00 e. The standard InChI is InChI=1S/C3H10NO3P.Na/c4-2-1-3-7-8(5)6;/h8H,1-4H2,(H,5,6);/q;+1/p-1. The van der Waals surface area contributed by atoms with Crippen LogP contribution in [0.5, 0.6) is 0 Å². The molecule has 0 aliphatic heterocycles. The number of rotatable bonds is 4. The second-order valence-corrected chi connectivity index (χ2v) is 2.03. The molecular weight excluding hydrogens is 152 g/mol. The summed E-state index contributed by atoms with van der Waals surface area (Å²) >= 11 is 0. The van der Waals surface area contributed by atoms with Gasteiger partial charge in [-0.1, -0.05) is 0 Å². The van der Waals surface area contributed by atoms with Gasteiger partial charge in [-0.3, -0.25) is 0 Å². The first-order valence-electron chi connectivity index (χ1n) is 2.31. The van der Waals surface area contributed by atoms with Crippen LogP contribution in [0.3, 0.4) is 0 Å². The van der Waals surface area contributed by atoms with E-state index in [1.54, 1.807) is 0 Å². The van der Waals surface area contributed by atoms with Crippen molar-refractivity contribution in [3.05, 3.63) is 0 Å². The van der Waals surface area contributed by atoms with E-state index in [9.17, 15) is 9.46 Å². The van der Waals surface area contributed by atoms with Gasteiger partial charge in [0.1, 0.15) is 8.25 Å². The molecule has 0 radical (unpaired) electrons. The van der Waals surface area contributed by atoms with Gasteiger partial charge in [0.05, 0.1) is 6.61 Å². The zero-order valence-corrected chi connectivity index (χ0v) is 8.42. The fraction of sp³-hybridized carbons (Fsp3) is 1.00. The van der Waals surface area contributed by atoms with Crippen LogP contribution in [-0.4, -0.2) is 13.2 Å². The molecule has 4 nitrogen and oxygen atoms in total. The van der Waals surface area contributed by atoms with Gasteiger partial charge in [-0.25, -0.2) is 0 Å². The second-order valence-electron chi connectivity index (χ2n) is 1.24. The minimum Gasteiger partial charge on any atom is -0.781 e. The maximum absolute atomic E-state index is 9.69. The van der Waals surface area contributed by atoms with Crippen molar-refractivity contribution >= 4 is 8.25 Å². The third-order valence-electron chi connectivity index (χ3n) is 0.568. The number of hydrogen-bond acceptors (Lipinski definition) is 4. The Hall–Kier alpha value is 1.11. The molecule has 9 heavy (non-hydrogen) atoms. The summed E-state index contributed by atoms with van der Waals surface area (Å²) in [5.41, 5.74) is 5.04. The monoisotopic (exact) mass is 161 g/mol. The van der Waals surface area contributed by atoms with Crippen LogP contribution in [-0.2, 0) is 9.09 Å². The van der Waals surface area contributed by atoms with E-state index in [1.165, 1.54) is 0 Å². The topological polar surface area (TPSA) is 75.4 Å². The summed E-state index contributed by atoms with van der Waals surface area (Å²) in [6.07, 6.45) is 0.596. The van der Waals surface area contributed by atoms with Gasteiger partial charge >= 0.3 is 29.6 Å². The Bertz CT molecular complexity index is 81.5. The van der Waals surface area contributed by atoms with Gasteiger partial charge in [0.15, 0.2) is 0 Å². The van der Waals surface area contributed by atoms with Crippen LogP contribution in [0.2, 0.25) is 0 Å². The molecule has 1 unspecified atom stereocenters. The summed E-state index contributed by atoms with van der Waals surface area (Å²) in [5, 5.41) is 0. The second kappa shape index (κ2) is 9.11. The Kier molecular flexibility index (Phi) is 12.9.